The fraction of sp³-hybridized carbons (Fsp3) is 0.200. The molecular formula is C20H17N5O9S2. The zero-order valence-electron chi connectivity index (χ0n) is 17.9. The van der Waals surface area contributed by atoms with Crippen LogP contribution in [0, 0.1) is 0 Å². The summed E-state index contributed by atoms with van der Waals surface area (Å²) in [6, 6.07) is 2.12. The van der Waals surface area contributed by atoms with Crippen molar-refractivity contribution < 1.29 is 44.4 Å². The number of hydrogen-bond acceptors (Lipinski definition) is 12. The molecule has 0 bridgehead atoms. The molecule has 14 nitrogen and oxygen atoms in total. The number of rotatable bonds is 8. The Morgan fingerprint density at radius 3 is 2.61 bits per heavy atom. The van der Waals surface area contributed by atoms with Gasteiger partial charge in [0.05, 0.1) is 0 Å². The molecule has 1 saturated heterocycles. The number of phenolic OH excluding ortho intramolecular Hbond substituents is 2. The quantitative estimate of drug-likeness (QED) is 0.114. The second-order valence-electron chi connectivity index (χ2n) is 7.36. The Kier molecular flexibility index (Phi) is 6.71. The fourth-order valence-electron chi connectivity index (χ4n) is 3.41. The lowest BCUT2D eigenvalue weighted by Gasteiger charge is -2.48. The van der Waals surface area contributed by atoms with Gasteiger partial charge in [-0.1, -0.05) is 11.2 Å². The Morgan fingerprint density at radius 1 is 1.25 bits per heavy atom. The maximum absolute atomic E-state index is 13.1. The molecule has 4 rings (SSSR count). The molecule has 3 heterocycles. The number of nitrogen functional groups attached to an aromatic ring is 1. The number of hydrogen-bond donors (Lipinski definition) is 6. The van der Waals surface area contributed by atoms with Crippen LogP contribution in [0.3, 0.4) is 0 Å². The van der Waals surface area contributed by atoms with E-state index in [1.165, 1.54) is 29.3 Å². The number of phenols is 2. The second kappa shape index (κ2) is 9.74. The number of oxime groups is 1. The summed E-state index contributed by atoms with van der Waals surface area (Å²) >= 11 is 2.22. The van der Waals surface area contributed by atoms with Crippen LogP contribution >= 0.6 is 23.1 Å². The van der Waals surface area contributed by atoms with Crippen molar-refractivity contribution in [1.29, 1.82) is 0 Å². The number of β-lactam (4-membered cyclic amide) rings is 1. The minimum absolute atomic E-state index is 0.0567. The lowest BCUT2D eigenvalue weighted by atomic mass is 10.0. The van der Waals surface area contributed by atoms with Crippen molar-refractivity contribution in [1.82, 2.24) is 15.2 Å². The Morgan fingerprint density at radius 2 is 2.00 bits per heavy atom. The number of aromatic nitrogens is 1. The van der Waals surface area contributed by atoms with Gasteiger partial charge in [-0.25, -0.2) is 14.6 Å². The number of carbonyl (C=O) groups excluding carboxylic acids is 2. The van der Waals surface area contributed by atoms with Gasteiger partial charge in [-0.15, -0.1) is 23.1 Å². The number of anilines is 1. The minimum Gasteiger partial charge on any atom is -0.504 e. The van der Waals surface area contributed by atoms with E-state index in [1.807, 2.05) is 0 Å². The van der Waals surface area contributed by atoms with Crippen molar-refractivity contribution in [3.05, 3.63) is 46.6 Å². The van der Waals surface area contributed by atoms with Crippen LogP contribution in [0.5, 0.6) is 11.5 Å². The highest BCUT2D eigenvalue weighted by atomic mass is 32.2. The van der Waals surface area contributed by atoms with Crippen LogP contribution in [0.25, 0.3) is 0 Å². The highest BCUT2D eigenvalue weighted by molar-refractivity contribution is 8.00. The lowest BCUT2D eigenvalue weighted by Crippen LogP contribution is -2.70. The first-order valence-corrected chi connectivity index (χ1v) is 11.9. The lowest BCUT2D eigenvalue weighted by molar-refractivity contribution is -0.151. The predicted molar refractivity (Wildman–Crippen MR) is 125 cm³/mol. The third kappa shape index (κ3) is 4.63. The van der Waals surface area contributed by atoms with E-state index in [0.717, 1.165) is 28.4 Å². The van der Waals surface area contributed by atoms with Crippen molar-refractivity contribution in [2.45, 2.75) is 17.5 Å². The zero-order chi connectivity index (χ0) is 26.1. The molecule has 1 aromatic carbocycles. The van der Waals surface area contributed by atoms with Crippen LogP contribution in [0.1, 0.15) is 17.4 Å². The molecule has 0 radical (unpaired) electrons. The van der Waals surface area contributed by atoms with E-state index in [0.29, 0.717) is 5.75 Å². The van der Waals surface area contributed by atoms with E-state index < -0.39 is 58.5 Å². The van der Waals surface area contributed by atoms with Crippen LogP contribution in [-0.4, -0.2) is 76.9 Å². The third-order valence-corrected chi connectivity index (χ3v) is 6.97. The summed E-state index contributed by atoms with van der Waals surface area (Å²) in [5.74, 6) is -5.13. The number of nitrogens with one attached hydrogen (secondary N) is 1. The number of carbonyl (C=O) groups is 4. The summed E-state index contributed by atoms with van der Waals surface area (Å²) in [5.41, 5.74) is 4.83. The number of aromatic hydroxyl groups is 2. The van der Waals surface area contributed by atoms with E-state index in [2.05, 4.69) is 15.5 Å². The maximum Gasteiger partial charge on any atom is 0.352 e. The maximum atomic E-state index is 13.1. The topological polar surface area (TPSA) is 225 Å². The van der Waals surface area contributed by atoms with Gasteiger partial charge in [-0.05, 0) is 18.2 Å². The first-order valence-electron chi connectivity index (χ1n) is 9.97. The van der Waals surface area contributed by atoms with Gasteiger partial charge < -0.3 is 36.3 Å². The number of thiazole rings is 1. The van der Waals surface area contributed by atoms with E-state index >= 15 is 0 Å². The molecule has 1 aromatic heterocycles. The molecule has 1 unspecified atom stereocenters. The van der Waals surface area contributed by atoms with E-state index in [9.17, 15) is 39.6 Å². The molecule has 188 valence electrons. The molecule has 3 atom stereocenters. The summed E-state index contributed by atoms with van der Waals surface area (Å²) in [4.78, 5) is 58.9. The molecule has 2 aromatic rings. The summed E-state index contributed by atoms with van der Waals surface area (Å²) in [6.45, 7) is 0. The summed E-state index contributed by atoms with van der Waals surface area (Å²) in [5, 5.41) is 44.9. The van der Waals surface area contributed by atoms with Crippen LogP contribution in [0.15, 0.2) is 40.5 Å². The van der Waals surface area contributed by atoms with Gasteiger partial charge >= 0.3 is 11.9 Å². The first-order chi connectivity index (χ1) is 17.1. The predicted octanol–water partition coefficient (Wildman–Crippen LogP) is 0.0515. The summed E-state index contributed by atoms with van der Waals surface area (Å²) < 4.78 is 0. The van der Waals surface area contributed by atoms with Gasteiger partial charge in [0.15, 0.2) is 22.3 Å². The number of fused-ring (bicyclic) bond motifs is 1. The molecule has 2 amide bonds. The van der Waals surface area contributed by atoms with Crippen LogP contribution in [0.2, 0.25) is 0 Å². The minimum atomic E-state index is -1.78. The molecule has 16 heteroatoms. The van der Waals surface area contributed by atoms with Crippen molar-refractivity contribution in [2.24, 2.45) is 5.16 Å². The second-order valence-corrected chi connectivity index (χ2v) is 9.40. The Labute approximate surface area is 209 Å². The zero-order valence-corrected chi connectivity index (χ0v) is 19.5. The van der Waals surface area contributed by atoms with Gasteiger partial charge in [-0.2, -0.15) is 0 Å². The molecule has 36 heavy (non-hydrogen) atoms. The monoisotopic (exact) mass is 535 g/mol. The average Bonchev–Trinajstić information content (AvgIpc) is 3.26. The molecule has 2 aliphatic heterocycles. The Hall–Kier alpha value is -4.31. The van der Waals surface area contributed by atoms with Crippen molar-refractivity contribution in [3.63, 3.8) is 0 Å². The van der Waals surface area contributed by atoms with Crippen molar-refractivity contribution in [3.8, 4) is 11.5 Å². The number of carboxylic acid groups (broad SMARTS) is 2. The van der Waals surface area contributed by atoms with Crippen molar-refractivity contribution >= 4 is 57.7 Å². The number of nitrogens with zero attached hydrogens (tertiary/aromatic N) is 3. The normalized spacial score (nSPS) is 20.0. The smallest absolute Gasteiger partial charge is 0.352 e. The molecule has 2 aliphatic rings. The Balaban J connectivity index is 1.58. The van der Waals surface area contributed by atoms with Gasteiger partial charge in [0, 0.05) is 16.7 Å². The van der Waals surface area contributed by atoms with Gasteiger partial charge in [0.25, 0.3) is 11.8 Å². The van der Waals surface area contributed by atoms with Crippen molar-refractivity contribution in [2.75, 3.05) is 11.5 Å². The van der Waals surface area contributed by atoms with Gasteiger partial charge in [0.1, 0.15) is 22.8 Å². The number of benzene rings is 1. The van der Waals surface area contributed by atoms with E-state index in [4.69, 9.17) is 10.6 Å². The van der Waals surface area contributed by atoms with Gasteiger partial charge in [0.2, 0.25) is 6.10 Å². The fourth-order valence-corrected chi connectivity index (χ4v) is 5.15. The molecule has 0 saturated carbocycles. The summed E-state index contributed by atoms with van der Waals surface area (Å²) in [6.07, 6.45) is -0.390. The largest absolute Gasteiger partial charge is 0.504 e. The number of amides is 2. The third-order valence-electron chi connectivity index (χ3n) is 5.11. The molecule has 7 N–H and O–H groups in total. The highest BCUT2D eigenvalue weighted by Gasteiger charge is 2.53. The van der Waals surface area contributed by atoms with Crippen LogP contribution < -0.4 is 11.1 Å². The van der Waals surface area contributed by atoms with E-state index in [1.54, 1.807) is 0 Å². The SMILES string of the molecule is Nc1nc(/C(=N/OC(C(=O)O)c2ccc(O)c(O)c2)C(=O)N[C@@H]2C(=O)N3C(C(=O)O)=CCS[C@H]23)cs1. The average molecular weight is 536 g/mol. The van der Waals surface area contributed by atoms with Gasteiger partial charge in [-0.3, -0.25) is 14.5 Å². The highest BCUT2D eigenvalue weighted by Crippen LogP contribution is 2.37. The molecule has 0 aliphatic carbocycles. The number of nitrogens with two attached hydrogens (primary N) is 1. The number of aliphatic carboxylic acids is 2. The standard InChI is InChI=1S/C20H17N5O9S2/c21-20-22-8(6-36-20)12(24-34-14(19(32)33)7-1-2-10(26)11(27)5-7)15(28)23-13-16(29)25-9(18(30)31)3-4-35-17(13)25/h1-3,5-6,13-14,17,26-27H,4H2,(H2,21,22)(H,23,28)(H,30,31)(H,32,33)/b24-12-/t13-,14?,17-/m1/s1. The first kappa shape index (κ1) is 24.8. The van der Waals surface area contributed by atoms with Crippen LogP contribution in [0.4, 0.5) is 5.13 Å². The molecule has 0 spiro atoms. The summed E-state index contributed by atoms with van der Waals surface area (Å²) in [7, 11) is 0. The van der Waals surface area contributed by atoms with E-state index in [-0.39, 0.29) is 22.1 Å². The number of thioether (sulfide) groups is 1. The Bertz CT molecular complexity index is 1320. The molecular weight excluding hydrogens is 518 g/mol. The van der Waals surface area contributed by atoms with Crippen LogP contribution in [-0.2, 0) is 24.0 Å². The number of carboxylic acids is 2. The molecule has 1 fully saturated rings.